The van der Waals surface area contributed by atoms with Gasteiger partial charge in [-0.15, -0.1) is 11.3 Å². The molecule has 7 nitrogen and oxygen atoms in total. The fourth-order valence-electron chi connectivity index (χ4n) is 3.85. The Hall–Kier alpha value is -2.48. The summed E-state index contributed by atoms with van der Waals surface area (Å²) in [5, 5.41) is 1.05. The maximum atomic E-state index is 12.8. The third-order valence-electron chi connectivity index (χ3n) is 5.44. The van der Waals surface area contributed by atoms with Crippen LogP contribution in [0.15, 0.2) is 30.3 Å². The topological polar surface area (TPSA) is 78.0 Å². The summed E-state index contributed by atoms with van der Waals surface area (Å²) >= 11 is 1.55. The van der Waals surface area contributed by atoms with E-state index in [1.54, 1.807) is 29.4 Å². The Labute approximate surface area is 155 Å². The van der Waals surface area contributed by atoms with Crippen molar-refractivity contribution in [3.05, 3.63) is 35.2 Å². The number of aromatic nitrogens is 4. The molecule has 1 N–H and O–H groups in total. The van der Waals surface area contributed by atoms with Crippen molar-refractivity contribution >= 4 is 34.1 Å². The number of H-pyrrole nitrogens is 1. The van der Waals surface area contributed by atoms with E-state index in [9.17, 15) is 4.79 Å². The molecular weight excluding hydrogens is 348 g/mol. The Morgan fingerprint density at radius 2 is 2.19 bits per heavy atom. The molecule has 1 aliphatic heterocycles. The van der Waals surface area contributed by atoms with Crippen molar-refractivity contribution in [1.29, 1.82) is 0 Å². The van der Waals surface area contributed by atoms with E-state index in [1.807, 2.05) is 17.2 Å². The standard InChI is InChI=1S/C18H20N6OS/c25-15(7-13-8-19-12-26-13)23-5-6-24(10-18(9-23)2-3-18)17-14-1-4-20-16(14)21-11-22-17/h1,4,8,11-12H,2-3,5-7,9-10H2,(H,20,21,22). The molecule has 1 saturated heterocycles. The molecule has 26 heavy (non-hydrogen) atoms. The van der Waals surface area contributed by atoms with Gasteiger partial charge >= 0.3 is 0 Å². The molecule has 4 heterocycles. The lowest BCUT2D eigenvalue weighted by molar-refractivity contribution is -0.130. The summed E-state index contributed by atoms with van der Waals surface area (Å²) in [4.78, 5) is 34.3. The summed E-state index contributed by atoms with van der Waals surface area (Å²) in [7, 11) is 0. The highest BCUT2D eigenvalue weighted by molar-refractivity contribution is 7.09. The van der Waals surface area contributed by atoms with E-state index < -0.39 is 0 Å². The maximum absolute atomic E-state index is 12.8. The Morgan fingerprint density at radius 3 is 3.00 bits per heavy atom. The first-order valence-electron chi connectivity index (χ1n) is 8.91. The lowest BCUT2D eigenvalue weighted by Gasteiger charge is -2.25. The molecule has 0 bridgehead atoms. The smallest absolute Gasteiger partial charge is 0.227 e. The largest absolute Gasteiger partial charge is 0.354 e. The molecular formula is C18H20N6OS. The highest BCUT2D eigenvalue weighted by Crippen LogP contribution is 2.48. The summed E-state index contributed by atoms with van der Waals surface area (Å²) < 4.78 is 0. The zero-order valence-corrected chi connectivity index (χ0v) is 15.2. The van der Waals surface area contributed by atoms with Crippen LogP contribution in [0.2, 0.25) is 0 Å². The first-order valence-corrected chi connectivity index (χ1v) is 9.79. The van der Waals surface area contributed by atoms with Crippen LogP contribution in [-0.2, 0) is 11.2 Å². The van der Waals surface area contributed by atoms with Gasteiger partial charge in [-0.2, -0.15) is 0 Å². The van der Waals surface area contributed by atoms with Crippen LogP contribution in [-0.4, -0.2) is 56.9 Å². The first kappa shape index (κ1) is 15.7. The van der Waals surface area contributed by atoms with Gasteiger partial charge in [-0.25, -0.2) is 9.97 Å². The number of thiazole rings is 1. The summed E-state index contributed by atoms with van der Waals surface area (Å²) in [6.45, 7) is 3.33. The lowest BCUT2D eigenvalue weighted by Crippen LogP contribution is -2.37. The van der Waals surface area contributed by atoms with Crippen LogP contribution in [0.1, 0.15) is 17.7 Å². The number of hydrogen-bond donors (Lipinski definition) is 1. The summed E-state index contributed by atoms with van der Waals surface area (Å²) in [5.74, 6) is 1.18. The quantitative estimate of drug-likeness (QED) is 0.766. The highest BCUT2D eigenvalue weighted by Gasteiger charge is 2.47. The number of anilines is 1. The molecule has 1 aliphatic carbocycles. The van der Waals surface area contributed by atoms with Gasteiger partial charge in [-0.1, -0.05) is 0 Å². The first-order chi connectivity index (χ1) is 12.7. The molecule has 0 radical (unpaired) electrons. The number of amides is 1. The number of nitrogens with one attached hydrogen (secondary N) is 1. The molecule has 2 aliphatic rings. The monoisotopic (exact) mass is 368 g/mol. The summed E-state index contributed by atoms with van der Waals surface area (Å²) in [5.41, 5.74) is 2.86. The van der Waals surface area contributed by atoms with Crippen molar-refractivity contribution in [2.45, 2.75) is 19.3 Å². The van der Waals surface area contributed by atoms with Crippen LogP contribution >= 0.6 is 11.3 Å². The Bertz CT molecular complexity index is 932. The molecule has 8 heteroatoms. The van der Waals surface area contributed by atoms with Gasteiger partial charge in [0.2, 0.25) is 5.91 Å². The molecule has 1 spiro atoms. The number of hydrogen-bond acceptors (Lipinski definition) is 6. The van der Waals surface area contributed by atoms with Crippen molar-refractivity contribution in [2.24, 2.45) is 5.41 Å². The van der Waals surface area contributed by atoms with Crippen molar-refractivity contribution in [3.8, 4) is 0 Å². The van der Waals surface area contributed by atoms with Gasteiger partial charge in [0, 0.05) is 48.9 Å². The number of nitrogens with zero attached hydrogens (tertiary/aromatic N) is 5. The average molecular weight is 368 g/mol. The van der Waals surface area contributed by atoms with Crippen LogP contribution < -0.4 is 4.90 Å². The predicted octanol–water partition coefficient (Wildman–Crippen LogP) is 2.09. The maximum Gasteiger partial charge on any atom is 0.227 e. The SMILES string of the molecule is O=C(Cc1cncs1)N1CCN(c2ncnc3[nH]ccc23)CC2(CC2)C1. The molecule has 0 atom stereocenters. The highest BCUT2D eigenvalue weighted by atomic mass is 32.1. The Morgan fingerprint density at radius 1 is 1.27 bits per heavy atom. The van der Waals surface area contributed by atoms with E-state index in [0.717, 1.165) is 47.9 Å². The minimum atomic E-state index is 0.205. The van der Waals surface area contributed by atoms with Crippen LogP contribution in [0, 0.1) is 5.41 Å². The second kappa shape index (κ2) is 6.05. The van der Waals surface area contributed by atoms with Gasteiger partial charge < -0.3 is 14.8 Å². The van der Waals surface area contributed by atoms with Gasteiger partial charge in [0.25, 0.3) is 0 Å². The van der Waals surface area contributed by atoms with Crippen LogP contribution in [0.4, 0.5) is 5.82 Å². The van der Waals surface area contributed by atoms with E-state index >= 15 is 0 Å². The van der Waals surface area contributed by atoms with Gasteiger partial charge in [0.1, 0.15) is 17.8 Å². The van der Waals surface area contributed by atoms with E-state index in [2.05, 4.69) is 24.8 Å². The molecule has 1 saturated carbocycles. The van der Waals surface area contributed by atoms with E-state index in [0.29, 0.717) is 6.42 Å². The molecule has 0 aromatic carbocycles. The van der Waals surface area contributed by atoms with Crippen LogP contribution in [0.5, 0.6) is 0 Å². The van der Waals surface area contributed by atoms with Gasteiger partial charge in [0.05, 0.1) is 17.3 Å². The van der Waals surface area contributed by atoms with Gasteiger partial charge in [-0.3, -0.25) is 9.78 Å². The predicted molar refractivity (Wildman–Crippen MR) is 100 cm³/mol. The fraction of sp³-hybridized carbons (Fsp3) is 0.444. The number of aromatic amines is 1. The van der Waals surface area contributed by atoms with Gasteiger partial charge in [0.15, 0.2) is 0 Å². The number of fused-ring (bicyclic) bond motifs is 1. The van der Waals surface area contributed by atoms with Crippen molar-refractivity contribution in [1.82, 2.24) is 24.8 Å². The van der Waals surface area contributed by atoms with Crippen molar-refractivity contribution < 1.29 is 4.79 Å². The number of carbonyl (C=O) groups is 1. The van der Waals surface area contributed by atoms with E-state index in [-0.39, 0.29) is 11.3 Å². The minimum Gasteiger partial charge on any atom is -0.354 e. The lowest BCUT2D eigenvalue weighted by atomic mass is 10.1. The molecule has 3 aromatic heterocycles. The Kier molecular flexibility index (Phi) is 3.66. The fourth-order valence-corrected chi connectivity index (χ4v) is 4.43. The third-order valence-corrected chi connectivity index (χ3v) is 6.22. The van der Waals surface area contributed by atoms with E-state index in [1.165, 1.54) is 12.8 Å². The zero-order chi connectivity index (χ0) is 17.6. The summed E-state index contributed by atoms with van der Waals surface area (Å²) in [6.07, 6.45) is 8.12. The molecule has 134 valence electrons. The second-order valence-corrected chi connectivity index (χ2v) is 8.29. The number of rotatable bonds is 3. The molecule has 2 fully saturated rings. The van der Waals surface area contributed by atoms with Crippen LogP contribution in [0.3, 0.4) is 0 Å². The molecule has 1 amide bonds. The van der Waals surface area contributed by atoms with Crippen molar-refractivity contribution in [3.63, 3.8) is 0 Å². The molecule has 3 aromatic rings. The second-order valence-electron chi connectivity index (χ2n) is 7.32. The van der Waals surface area contributed by atoms with Crippen LogP contribution in [0.25, 0.3) is 11.0 Å². The average Bonchev–Trinajstić information content (AvgIpc) is 3.04. The Balaban J connectivity index is 1.39. The van der Waals surface area contributed by atoms with Gasteiger partial charge in [-0.05, 0) is 18.9 Å². The summed E-state index contributed by atoms with van der Waals surface area (Å²) in [6, 6.07) is 2.03. The minimum absolute atomic E-state index is 0.205. The van der Waals surface area contributed by atoms with E-state index in [4.69, 9.17) is 0 Å². The number of carbonyl (C=O) groups excluding carboxylic acids is 1. The normalized spacial score (nSPS) is 19.1. The molecule has 0 unspecified atom stereocenters. The molecule has 5 rings (SSSR count). The third kappa shape index (κ3) is 2.84. The van der Waals surface area contributed by atoms with Crippen molar-refractivity contribution in [2.75, 3.05) is 31.1 Å². The zero-order valence-electron chi connectivity index (χ0n) is 14.4.